The fraction of sp³-hybridized carbons (Fsp3) is 0.263. The van der Waals surface area contributed by atoms with Crippen LogP contribution in [0.25, 0.3) is 0 Å². The van der Waals surface area contributed by atoms with Gasteiger partial charge in [0, 0.05) is 6.21 Å². The number of hydrogen-bond acceptors (Lipinski definition) is 5. The minimum atomic E-state index is -0.349. The Kier molecular flexibility index (Phi) is 6.37. The summed E-state index contributed by atoms with van der Waals surface area (Å²) in [5, 5.41) is 11.6. The molecule has 0 saturated carbocycles. The molecule has 0 heterocycles. The molecule has 0 saturated heterocycles. The molecule has 1 N–H and O–H groups in total. The maximum atomic E-state index is 11.4. The van der Waals surface area contributed by atoms with Gasteiger partial charge in [-0.25, -0.2) is 4.79 Å². The third kappa shape index (κ3) is 5.12. The molecular formula is C19H21NO4. The zero-order valence-corrected chi connectivity index (χ0v) is 13.8. The summed E-state index contributed by atoms with van der Waals surface area (Å²) < 4.78 is 10.4. The van der Waals surface area contributed by atoms with Crippen LogP contribution in [0.2, 0.25) is 0 Å². The maximum absolute atomic E-state index is 11.4. The van der Waals surface area contributed by atoms with Gasteiger partial charge in [0.25, 0.3) is 0 Å². The number of carbonyl (C=O) groups excluding carboxylic acids is 1. The van der Waals surface area contributed by atoms with E-state index in [4.69, 9.17) is 9.94 Å². The maximum Gasteiger partial charge on any atom is 0.337 e. The molecule has 2 aromatic rings. The van der Waals surface area contributed by atoms with Crippen molar-refractivity contribution in [2.75, 3.05) is 7.11 Å². The number of hydrogen-bond donors (Lipinski definition) is 1. The van der Waals surface area contributed by atoms with Crippen LogP contribution in [0.5, 0.6) is 5.75 Å². The molecule has 24 heavy (non-hydrogen) atoms. The van der Waals surface area contributed by atoms with Crippen LogP contribution in [0.1, 0.15) is 28.4 Å². The summed E-state index contributed by atoms with van der Waals surface area (Å²) in [6.07, 6.45) is 2.32. The minimum Gasteiger partial charge on any atom is -0.489 e. The molecule has 126 valence electrons. The van der Waals surface area contributed by atoms with E-state index in [9.17, 15) is 4.79 Å². The van der Waals surface area contributed by atoms with Crippen LogP contribution in [0.3, 0.4) is 0 Å². The largest absolute Gasteiger partial charge is 0.489 e. The van der Waals surface area contributed by atoms with Gasteiger partial charge in [-0.1, -0.05) is 31.2 Å². The summed E-state index contributed by atoms with van der Waals surface area (Å²) in [7, 11) is 1.36. The van der Waals surface area contributed by atoms with Crippen molar-refractivity contribution in [1.29, 1.82) is 0 Å². The third-order valence-corrected chi connectivity index (χ3v) is 3.58. The normalized spacial score (nSPS) is 12.1. The Hall–Kier alpha value is -2.82. The molecule has 5 nitrogen and oxygen atoms in total. The van der Waals surface area contributed by atoms with Crippen molar-refractivity contribution in [3.8, 4) is 5.75 Å². The highest BCUT2D eigenvalue weighted by Crippen LogP contribution is 2.16. The fourth-order valence-electron chi connectivity index (χ4n) is 2.28. The first-order valence-corrected chi connectivity index (χ1v) is 7.69. The van der Waals surface area contributed by atoms with Gasteiger partial charge < -0.3 is 14.7 Å². The molecule has 0 bridgehead atoms. The molecule has 0 aromatic heterocycles. The van der Waals surface area contributed by atoms with E-state index in [1.807, 2.05) is 43.3 Å². The molecule has 2 aromatic carbocycles. The van der Waals surface area contributed by atoms with E-state index in [-0.39, 0.29) is 11.9 Å². The second-order valence-corrected chi connectivity index (χ2v) is 5.57. The standard InChI is InChI=1S/C19H21NO4/c1-14(12-20-22)11-15-5-9-18(10-6-15)24-13-16-3-7-17(8-4-16)19(21)23-2/h3-10,12,14,22H,11,13H2,1-2H3/b20-12+. The van der Waals surface area contributed by atoms with E-state index < -0.39 is 0 Å². The number of carbonyl (C=O) groups is 1. The lowest BCUT2D eigenvalue weighted by Gasteiger charge is -2.09. The topological polar surface area (TPSA) is 68.1 Å². The van der Waals surface area contributed by atoms with Gasteiger partial charge >= 0.3 is 5.97 Å². The lowest BCUT2D eigenvalue weighted by Crippen LogP contribution is -2.02. The second-order valence-electron chi connectivity index (χ2n) is 5.57. The Bertz CT molecular complexity index is 678. The zero-order chi connectivity index (χ0) is 17.4. The molecule has 0 aliphatic heterocycles. The number of benzene rings is 2. The van der Waals surface area contributed by atoms with Crippen molar-refractivity contribution in [3.63, 3.8) is 0 Å². The van der Waals surface area contributed by atoms with Crippen molar-refractivity contribution in [3.05, 3.63) is 65.2 Å². The Balaban J connectivity index is 1.89. The molecular weight excluding hydrogens is 306 g/mol. The smallest absolute Gasteiger partial charge is 0.337 e. The summed E-state index contributed by atoms with van der Waals surface area (Å²) in [5.41, 5.74) is 2.64. The first-order chi connectivity index (χ1) is 11.6. The fourth-order valence-corrected chi connectivity index (χ4v) is 2.28. The quantitative estimate of drug-likeness (QED) is 0.364. The van der Waals surface area contributed by atoms with E-state index in [0.717, 1.165) is 23.3 Å². The molecule has 0 aliphatic carbocycles. The van der Waals surface area contributed by atoms with Gasteiger partial charge in [-0.2, -0.15) is 0 Å². The van der Waals surface area contributed by atoms with Gasteiger partial charge in [0.15, 0.2) is 0 Å². The Labute approximate surface area is 141 Å². The predicted octanol–water partition coefficient (Wildman–Crippen LogP) is 3.69. The van der Waals surface area contributed by atoms with Crippen molar-refractivity contribution >= 4 is 12.2 Å². The molecule has 1 atom stereocenters. The Morgan fingerprint density at radius 2 is 1.75 bits per heavy atom. The van der Waals surface area contributed by atoms with Crippen LogP contribution in [-0.4, -0.2) is 24.5 Å². The summed E-state index contributed by atoms with van der Waals surface area (Å²) >= 11 is 0. The zero-order valence-electron chi connectivity index (χ0n) is 13.8. The monoisotopic (exact) mass is 327 g/mol. The number of rotatable bonds is 7. The minimum absolute atomic E-state index is 0.176. The molecule has 2 rings (SSSR count). The first kappa shape index (κ1) is 17.5. The molecule has 1 unspecified atom stereocenters. The summed E-state index contributed by atoms with van der Waals surface area (Å²) in [6, 6.07) is 15.0. The van der Waals surface area contributed by atoms with Crippen LogP contribution >= 0.6 is 0 Å². The highest BCUT2D eigenvalue weighted by atomic mass is 16.5. The first-order valence-electron chi connectivity index (χ1n) is 7.69. The number of oxime groups is 1. The highest BCUT2D eigenvalue weighted by Gasteiger charge is 2.05. The average molecular weight is 327 g/mol. The molecule has 5 heteroatoms. The van der Waals surface area contributed by atoms with Gasteiger partial charge in [-0.15, -0.1) is 5.16 Å². The number of nitrogens with zero attached hydrogens (tertiary/aromatic N) is 1. The van der Waals surface area contributed by atoms with Crippen molar-refractivity contribution < 1.29 is 19.5 Å². The predicted molar refractivity (Wildman–Crippen MR) is 91.7 cm³/mol. The van der Waals surface area contributed by atoms with Gasteiger partial charge in [0.2, 0.25) is 0 Å². The summed E-state index contributed by atoms with van der Waals surface area (Å²) in [5.74, 6) is 0.605. The highest BCUT2D eigenvalue weighted by molar-refractivity contribution is 5.89. The van der Waals surface area contributed by atoms with Crippen molar-refractivity contribution in [2.24, 2.45) is 11.1 Å². The van der Waals surface area contributed by atoms with Gasteiger partial charge in [-0.3, -0.25) is 0 Å². The second kappa shape index (κ2) is 8.72. The number of esters is 1. The van der Waals surface area contributed by atoms with Gasteiger partial charge in [-0.05, 0) is 47.7 Å². The average Bonchev–Trinajstić information content (AvgIpc) is 2.61. The lowest BCUT2D eigenvalue weighted by atomic mass is 10.0. The lowest BCUT2D eigenvalue weighted by molar-refractivity contribution is 0.0600. The van der Waals surface area contributed by atoms with E-state index in [1.165, 1.54) is 13.3 Å². The SMILES string of the molecule is COC(=O)c1ccc(COc2ccc(CC(C)/C=N/O)cc2)cc1. The van der Waals surface area contributed by atoms with E-state index >= 15 is 0 Å². The van der Waals surface area contributed by atoms with Crippen LogP contribution < -0.4 is 4.74 Å². The van der Waals surface area contributed by atoms with Crippen LogP contribution in [0.4, 0.5) is 0 Å². The molecule has 0 spiro atoms. The van der Waals surface area contributed by atoms with E-state index in [0.29, 0.717) is 12.2 Å². The third-order valence-electron chi connectivity index (χ3n) is 3.58. The molecule has 0 aliphatic rings. The molecule has 0 amide bonds. The summed E-state index contributed by atoms with van der Waals surface area (Å²) in [4.78, 5) is 11.4. The van der Waals surface area contributed by atoms with Crippen molar-refractivity contribution in [1.82, 2.24) is 0 Å². The van der Waals surface area contributed by atoms with Crippen LogP contribution in [-0.2, 0) is 17.8 Å². The number of methoxy groups -OCH3 is 1. The molecule has 0 fully saturated rings. The van der Waals surface area contributed by atoms with Crippen LogP contribution in [0, 0.1) is 5.92 Å². The van der Waals surface area contributed by atoms with Gasteiger partial charge in [0.05, 0.1) is 12.7 Å². The number of ether oxygens (including phenoxy) is 2. The Morgan fingerprint density at radius 1 is 1.12 bits per heavy atom. The van der Waals surface area contributed by atoms with E-state index in [1.54, 1.807) is 12.1 Å². The Morgan fingerprint density at radius 3 is 2.33 bits per heavy atom. The van der Waals surface area contributed by atoms with Crippen LogP contribution in [0.15, 0.2) is 53.7 Å². The van der Waals surface area contributed by atoms with E-state index in [2.05, 4.69) is 9.89 Å². The van der Waals surface area contributed by atoms with Gasteiger partial charge in [0.1, 0.15) is 12.4 Å². The molecule has 0 radical (unpaired) electrons. The van der Waals surface area contributed by atoms with Crippen molar-refractivity contribution in [2.45, 2.75) is 20.0 Å². The summed E-state index contributed by atoms with van der Waals surface area (Å²) in [6.45, 7) is 2.41.